The van der Waals surface area contributed by atoms with Gasteiger partial charge in [0, 0.05) is 11.5 Å². The third kappa shape index (κ3) is 3.49. The first kappa shape index (κ1) is 14.4. The zero-order chi connectivity index (χ0) is 14.5. The van der Waals surface area contributed by atoms with Crippen LogP contribution in [0.25, 0.3) is 0 Å². The Hall–Kier alpha value is -2.05. The summed E-state index contributed by atoms with van der Waals surface area (Å²) in [6.45, 7) is 0.188. The van der Waals surface area contributed by atoms with Crippen molar-refractivity contribution in [2.24, 2.45) is 0 Å². The van der Waals surface area contributed by atoms with E-state index in [-0.39, 0.29) is 17.8 Å². The van der Waals surface area contributed by atoms with Crippen LogP contribution in [0, 0.1) is 5.82 Å². The van der Waals surface area contributed by atoms with Gasteiger partial charge in [0.2, 0.25) is 0 Å². The highest BCUT2D eigenvalue weighted by Gasteiger charge is 2.17. The van der Waals surface area contributed by atoms with E-state index in [1.807, 2.05) is 12.1 Å². The largest absolute Gasteiger partial charge is 0.497 e. The van der Waals surface area contributed by atoms with E-state index in [0.717, 1.165) is 23.4 Å². The van der Waals surface area contributed by atoms with Crippen molar-refractivity contribution in [3.63, 3.8) is 0 Å². The van der Waals surface area contributed by atoms with Crippen molar-refractivity contribution in [1.82, 2.24) is 0 Å². The van der Waals surface area contributed by atoms with Gasteiger partial charge in [0.25, 0.3) is 0 Å². The molecule has 2 N–H and O–H groups in total. The first-order valence-corrected chi connectivity index (χ1v) is 6.01. The van der Waals surface area contributed by atoms with Crippen LogP contribution in [0.3, 0.4) is 0 Å². The standard InChI is InChI=1S/C14H14BFO4/c1-19-12-5-2-10(3-6-12)9-20-14-8-11(16)4-7-13(14)15(17)18/h2-8,17-18H,9H2,1H3. The number of rotatable bonds is 5. The van der Waals surface area contributed by atoms with Crippen LogP contribution in [-0.2, 0) is 6.61 Å². The SMILES string of the molecule is COc1ccc(COc2cc(F)ccc2B(O)O)cc1. The van der Waals surface area contributed by atoms with Crippen molar-refractivity contribution in [3.8, 4) is 11.5 Å². The fraction of sp³-hybridized carbons (Fsp3) is 0.143. The molecular weight excluding hydrogens is 262 g/mol. The maximum atomic E-state index is 13.2. The van der Waals surface area contributed by atoms with E-state index < -0.39 is 12.9 Å². The van der Waals surface area contributed by atoms with E-state index in [2.05, 4.69) is 0 Å². The first-order valence-electron chi connectivity index (χ1n) is 6.01. The van der Waals surface area contributed by atoms with Crippen LogP contribution in [0.15, 0.2) is 42.5 Å². The molecule has 0 aliphatic rings. The van der Waals surface area contributed by atoms with Gasteiger partial charge in [0.1, 0.15) is 23.9 Å². The van der Waals surface area contributed by atoms with Gasteiger partial charge in [-0.3, -0.25) is 0 Å². The molecule has 0 amide bonds. The summed E-state index contributed by atoms with van der Waals surface area (Å²) >= 11 is 0. The molecular formula is C14H14BFO4. The second-order valence-electron chi connectivity index (χ2n) is 4.19. The van der Waals surface area contributed by atoms with Crippen LogP contribution >= 0.6 is 0 Å². The summed E-state index contributed by atoms with van der Waals surface area (Å²) in [7, 11) is -0.130. The van der Waals surface area contributed by atoms with Crippen LogP contribution in [0.4, 0.5) is 4.39 Å². The van der Waals surface area contributed by atoms with E-state index in [1.165, 1.54) is 6.07 Å². The molecule has 2 rings (SSSR count). The predicted molar refractivity (Wildman–Crippen MR) is 73.6 cm³/mol. The van der Waals surface area contributed by atoms with Crippen molar-refractivity contribution in [3.05, 3.63) is 53.8 Å². The van der Waals surface area contributed by atoms with Gasteiger partial charge in [-0.1, -0.05) is 18.2 Å². The highest BCUT2D eigenvalue weighted by atomic mass is 19.1. The summed E-state index contributed by atoms with van der Waals surface area (Å²) < 4.78 is 23.7. The van der Waals surface area contributed by atoms with Gasteiger partial charge in [0.05, 0.1) is 7.11 Å². The topological polar surface area (TPSA) is 58.9 Å². The lowest BCUT2D eigenvalue weighted by molar-refractivity contribution is 0.305. The fourth-order valence-corrected chi connectivity index (χ4v) is 1.73. The molecule has 0 heterocycles. The zero-order valence-corrected chi connectivity index (χ0v) is 10.9. The maximum Gasteiger partial charge on any atom is 0.492 e. The fourth-order valence-electron chi connectivity index (χ4n) is 1.73. The lowest BCUT2D eigenvalue weighted by Crippen LogP contribution is -2.31. The molecule has 104 valence electrons. The summed E-state index contributed by atoms with van der Waals surface area (Å²) in [4.78, 5) is 0. The van der Waals surface area contributed by atoms with Gasteiger partial charge in [-0.05, 0) is 23.8 Å². The van der Waals surface area contributed by atoms with Gasteiger partial charge >= 0.3 is 7.12 Å². The average molecular weight is 276 g/mol. The Morgan fingerprint density at radius 3 is 2.40 bits per heavy atom. The van der Waals surface area contributed by atoms with Crippen LogP contribution in [0.2, 0.25) is 0 Å². The minimum atomic E-state index is -1.71. The average Bonchev–Trinajstić information content (AvgIpc) is 2.45. The Balaban J connectivity index is 2.11. The minimum absolute atomic E-state index is 0.107. The molecule has 0 aliphatic heterocycles. The quantitative estimate of drug-likeness (QED) is 0.803. The highest BCUT2D eigenvalue weighted by Crippen LogP contribution is 2.15. The zero-order valence-electron chi connectivity index (χ0n) is 10.9. The minimum Gasteiger partial charge on any atom is -0.497 e. The van der Waals surface area contributed by atoms with E-state index in [9.17, 15) is 14.4 Å². The smallest absolute Gasteiger partial charge is 0.492 e. The molecule has 2 aromatic carbocycles. The van der Waals surface area contributed by atoms with Gasteiger partial charge in [-0.25, -0.2) is 4.39 Å². The van der Waals surface area contributed by atoms with Crippen molar-refractivity contribution >= 4 is 12.6 Å². The molecule has 0 atom stereocenters. The molecule has 2 aromatic rings. The molecule has 0 unspecified atom stereocenters. The molecule has 20 heavy (non-hydrogen) atoms. The lowest BCUT2D eigenvalue weighted by Gasteiger charge is -2.11. The molecule has 6 heteroatoms. The van der Waals surface area contributed by atoms with E-state index in [4.69, 9.17) is 9.47 Å². The number of hydrogen-bond acceptors (Lipinski definition) is 4. The molecule has 0 fully saturated rings. The van der Waals surface area contributed by atoms with Crippen LogP contribution in [0.5, 0.6) is 11.5 Å². The number of hydrogen-bond donors (Lipinski definition) is 2. The molecule has 0 aromatic heterocycles. The van der Waals surface area contributed by atoms with Gasteiger partial charge in [-0.15, -0.1) is 0 Å². The van der Waals surface area contributed by atoms with Crippen LogP contribution in [-0.4, -0.2) is 24.3 Å². The molecule has 0 aliphatic carbocycles. The number of ether oxygens (including phenoxy) is 2. The molecule has 0 spiro atoms. The summed E-state index contributed by atoms with van der Waals surface area (Å²) in [5.74, 6) is 0.334. The van der Waals surface area contributed by atoms with Crippen LogP contribution in [0.1, 0.15) is 5.56 Å². The van der Waals surface area contributed by atoms with E-state index in [1.54, 1.807) is 19.2 Å². The third-order valence-corrected chi connectivity index (χ3v) is 2.81. The van der Waals surface area contributed by atoms with Crippen molar-refractivity contribution in [2.75, 3.05) is 7.11 Å². The number of benzene rings is 2. The van der Waals surface area contributed by atoms with Crippen molar-refractivity contribution in [1.29, 1.82) is 0 Å². The molecule has 0 radical (unpaired) electrons. The predicted octanol–water partition coefficient (Wildman–Crippen LogP) is 1.09. The summed E-state index contributed by atoms with van der Waals surface area (Å²) in [5.41, 5.74) is 0.980. The normalized spacial score (nSPS) is 10.2. The monoisotopic (exact) mass is 276 g/mol. The van der Waals surface area contributed by atoms with Gasteiger partial charge < -0.3 is 19.5 Å². The van der Waals surface area contributed by atoms with E-state index in [0.29, 0.717) is 0 Å². The molecule has 4 nitrogen and oxygen atoms in total. The second kappa shape index (κ2) is 6.41. The maximum absolute atomic E-state index is 13.2. The first-order chi connectivity index (χ1) is 9.60. The van der Waals surface area contributed by atoms with Crippen molar-refractivity contribution in [2.45, 2.75) is 6.61 Å². The number of halogens is 1. The van der Waals surface area contributed by atoms with Crippen LogP contribution < -0.4 is 14.9 Å². The number of methoxy groups -OCH3 is 1. The van der Waals surface area contributed by atoms with Gasteiger partial charge in [0.15, 0.2) is 0 Å². The van der Waals surface area contributed by atoms with E-state index >= 15 is 0 Å². The molecule has 0 saturated carbocycles. The summed E-state index contributed by atoms with van der Waals surface area (Å²) in [6, 6.07) is 10.7. The Kier molecular flexibility index (Phi) is 4.60. The highest BCUT2D eigenvalue weighted by molar-refractivity contribution is 6.59. The third-order valence-electron chi connectivity index (χ3n) is 2.81. The summed E-state index contributed by atoms with van der Waals surface area (Å²) in [5, 5.41) is 18.4. The van der Waals surface area contributed by atoms with Gasteiger partial charge in [-0.2, -0.15) is 0 Å². The van der Waals surface area contributed by atoms with Crippen molar-refractivity contribution < 1.29 is 23.9 Å². The lowest BCUT2D eigenvalue weighted by atomic mass is 9.79. The Bertz CT molecular complexity index is 572. The Morgan fingerprint density at radius 1 is 1.10 bits per heavy atom. The summed E-state index contributed by atoms with van der Waals surface area (Å²) in [6.07, 6.45) is 0. The second-order valence-corrected chi connectivity index (χ2v) is 4.19. The Labute approximate surface area is 116 Å². The Morgan fingerprint density at radius 2 is 1.80 bits per heavy atom. The molecule has 0 saturated heterocycles. The molecule has 0 bridgehead atoms.